The van der Waals surface area contributed by atoms with Gasteiger partial charge in [-0.05, 0) is 19.3 Å². The first-order chi connectivity index (χ1) is 9.31. The Morgan fingerprint density at radius 2 is 2.05 bits per heavy atom. The number of carbonyl (C=O) groups excluding carboxylic acids is 2. The van der Waals surface area contributed by atoms with Gasteiger partial charge in [0.05, 0.1) is 13.4 Å². The second-order valence-corrected chi connectivity index (χ2v) is 6.80. The lowest BCUT2D eigenvalue weighted by molar-refractivity contribution is -0.148. The number of amides is 1. The maximum Gasteiger partial charge on any atom is 0.325 e. The van der Waals surface area contributed by atoms with E-state index >= 15 is 0 Å². The van der Waals surface area contributed by atoms with Crippen LogP contribution in [0.25, 0.3) is 0 Å². The molecule has 1 rings (SSSR count). The molecule has 0 N–H and O–H groups in total. The molecule has 1 saturated heterocycles. The summed E-state index contributed by atoms with van der Waals surface area (Å²) in [6.45, 7) is 2.51. The molecule has 1 aliphatic heterocycles. The largest absolute Gasteiger partial charge is 0.468 e. The van der Waals surface area contributed by atoms with E-state index in [1.807, 2.05) is 6.92 Å². The van der Waals surface area contributed by atoms with Crippen molar-refractivity contribution in [1.82, 2.24) is 9.21 Å². The van der Waals surface area contributed by atoms with E-state index in [4.69, 9.17) is 0 Å². The number of ether oxygens (including phenoxy) is 1. The van der Waals surface area contributed by atoms with E-state index in [-0.39, 0.29) is 12.5 Å². The van der Waals surface area contributed by atoms with E-state index in [2.05, 4.69) is 4.74 Å². The van der Waals surface area contributed by atoms with Gasteiger partial charge in [-0.2, -0.15) is 4.31 Å². The molecule has 0 spiro atoms. The summed E-state index contributed by atoms with van der Waals surface area (Å²) in [5, 5.41) is 0. The van der Waals surface area contributed by atoms with E-state index in [1.54, 1.807) is 0 Å². The Morgan fingerprint density at radius 1 is 1.40 bits per heavy atom. The van der Waals surface area contributed by atoms with E-state index in [1.165, 1.54) is 16.3 Å². The lowest BCUT2D eigenvalue weighted by atomic mass is 10.2. The molecular formula is C12H22N2O5S. The summed E-state index contributed by atoms with van der Waals surface area (Å²) in [6.07, 6.45) is 2.94. The summed E-state index contributed by atoms with van der Waals surface area (Å²) in [5.74, 6) is -0.823. The smallest absolute Gasteiger partial charge is 0.325 e. The van der Waals surface area contributed by atoms with Crippen molar-refractivity contribution in [2.45, 2.75) is 32.2 Å². The van der Waals surface area contributed by atoms with E-state index < -0.39 is 22.0 Å². The molecule has 0 radical (unpaired) electrons. The Labute approximate surface area is 119 Å². The second-order valence-electron chi connectivity index (χ2n) is 4.87. The topological polar surface area (TPSA) is 84.0 Å². The summed E-state index contributed by atoms with van der Waals surface area (Å²) in [7, 11) is -2.15. The minimum absolute atomic E-state index is 0.142. The van der Waals surface area contributed by atoms with Crippen LogP contribution in [0.15, 0.2) is 0 Å². The maximum absolute atomic E-state index is 12.5. The number of carbonyl (C=O) groups is 2. The number of sulfonamides is 1. The van der Waals surface area contributed by atoms with E-state index in [9.17, 15) is 18.0 Å². The van der Waals surface area contributed by atoms with Crippen molar-refractivity contribution >= 4 is 21.9 Å². The molecule has 0 bridgehead atoms. The first kappa shape index (κ1) is 16.9. The van der Waals surface area contributed by atoms with Crippen LogP contribution in [-0.2, 0) is 24.3 Å². The molecule has 8 heteroatoms. The predicted octanol–water partition coefficient (Wildman–Crippen LogP) is -0.178. The number of hydrogen-bond acceptors (Lipinski definition) is 5. The third kappa shape index (κ3) is 4.17. The molecular weight excluding hydrogens is 284 g/mol. The molecule has 0 aliphatic carbocycles. The Bertz CT molecular complexity index is 462. The molecule has 7 nitrogen and oxygen atoms in total. The van der Waals surface area contributed by atoms with Gasteiger partial charge in [0.15, 0.2) is 0 Å². The molecule has 0 saturated carbocycles. The average Bonchev–Trinajstić information content (AvgIpc) is 2.86. The van der Waals surface area contributed by atoms with Crippen LogP contribution in [0.4, 0.5) is 0 Å². The SMILES string of the molecule is CCCN(CC(=O)OC)C(=O)C1CCCN1S(C)(=O)=O. The Kier molecular flexibility index (Phi) is 5.94. The van der Waals surface area contributed by atoms with Gasteiger partial charge in [0.25, 0.3) is 0 Å². The van der Waals surface area contributed by atoms with Crippen molar-refractivity contribution in [3.05, 3.63) is 0 Å². The van der Waals surface area contributed by atoms with Crippen molar-refractivity contribution in [1.29, 1.82) is 0 Å². The van der Waals surface area contributed by atoms with Gasteiger partial charge < -0.3 is 9.64 Å². The van der Waals surface area contributed by atoms with Crippen LogP contribution in [0.1, 0.15) is 26.2 Å². The highest BCUT2D eigenvalue weighted by atomic mass is 32.2. The lowest BCUT2D eigenvalue weighted by Gasteiger charge is -2.28. The molecule has 20 heavy (non-hydrogen) atoms. The van der Waals surface area contributed by atoms with Crippen molar-refractivity contribution in [3.63, 3.8) is 0 Å². The molecule has 1 unspecified atom stereocenters. The average molecular weight is 306 g/mol. The molecule has 0 aromatic carbocycles. The quantitative estimate of drug-likeness (QED) is 0.636. The summed E-state index contributed by atoms with van der Waals surface area (Å²) in [5.41, 5.74) is 0. The monoisotopic (exact) mass is 306 g/mol. The minimum Gasteiger partial charge on any atom is -0.468 e. The van der Waals surface area contributed by atoms with Crippen LogP contribution in [0.2, 0.25) is 0 Å². The molecule has 1 aliphatic rings. The zero-order valence-corrected chi connectivity index (χ0v) is 13.0. The molecule has 0 aromatic heterocycles. The number of hydrogen-bond donors (Lipinski definition) is 0. The van der Waals surface area contributed by atoms with Gasteiger partial charge in [-0.15, -0.1) is 0 Å². The Morgan fingerprint density at radius 3 is 2.55 bits per heavy atom. The van der Waals surface area contributed by atoms with Gasteiger partial charge in [0.2, 0.25) is 15.9 Å². The standard InChI is InChI=1S/C12H22N2O5S/c1-4-7-13(9-11(15)19-2)12(16)10-6-5-8-14(10)20(3,17)18/h10H,4-9H2,1-3H3. The summed E-state index contributed by atoms with van der Waals surface area (Å²) >= 11 is 0. The van der Waals surface area contributed by atoms with Crippen LogP contribution in [0.3, 0.4) is 0 Å². The van der Waals surface area contributed by atoms with Crippen LogP contribution >= 0.6 is 0 Å². The number of nitrogens with zero attached hydrogens (tertiary/aromatic N) is 2. The highest BCUT2D eigenvalue weighted by Crippen LogP contribution is 2.22. The zero-order chi connectivity index (χ0) is 15.3. The highest BCUT2D eigenvalue weighted by molar-refractivity contribution is 7.88. The number of methoxy groups -OCH3 is 1. The fraction of sp³-hybridized carbons (Fsp3) is 0.833. The van der Waals surface area contributed by atoms with Gasteiger partial charge in [0.1, 0.15) is 12.6 Å². The van der Waals surface area contributed by atoms with E-state index in [0.29, 0.717) is 32.4 Å². The van der Waals surface area contributed by atoms with Crippen molar-refractivity contribution < 1.29 is 22.7 Å². The zero-order valence-electron chi connectivity index (χ0n) is 12.2. The summed E-state index contributed by atoms with van der Waals surface area (Å²) < 4.78 is 29.1. The van der Waals surface area contributed by atoms with Gasteiger partial charge in [-0.25, -0.2) is 8.42 Å². The number of esters is 1. The summed E-state index contributed by atoms with van der Waals surface area (Å²) in [4.78, 5) is 25.2. The van der Waals surface area contributed by atoms with Gasteiger partial charge in [-0.1, -0.05) is 6.92 Å². The molecule has 1 atom stereocenters. The van der Waals surface area contributed by atoms with Crippen molar-refractivity contribution in [2.75, 3.05) is 33.0 Å². The molecule has 1 heterocycles. The first-order valence-electron chi connectivity index (χ1n) is 6.63. The highest BCUT2D eigenvalue weighted by Gasteiger charge is 2.38. The van der Waals surface area contributed by atoms with Crippen molar-refractivity contribution in [2.24, 2.45) is 0 Å². The fourth-order valence-corrected chi connectivity index (χ4v) is 3.47. The lowest BCUT2D eigenvalue weighted by Crippen LogP contribution is -2.49. The normalized spacial score (nSPS) is 19.9. The van der Waals surface area contributed by atoms with Crippen LogP contribution < -0.4 is 0 Å². The van der Waals surface area contributed by atoms with Crippen molar-refractivity contribution in [3.8, 4) is 0 Å². The first-order valence-corrected chi connectivity index (χ1v) is 8.48. The third-order valence-corrected chi connectivity index (χ3v) is 4.56. The fourth-order valence-electron chi connectivity index (χ4n) is 2.35. The minimum atomic E-state index is -3.41. The van der Waals surface area contributed by atoms with Crippen LogP contribution in [0.5, 0.6) is 0 Å². The number of rotatable bonds is 6. The molecule has 0 aromatic rings. The maximum atomic E-state index is 12.5. The van der Waals surface area contributed by atoms with Gasteiger partial charge >= 0.3 is 5.97 Å². The molecule has 1 fully saturated rings. The Hall–Kier alpha value is -1.15. The Balaban J connectivity index is 2.85. The van der Waals surface area contributed by atoms with Gasteiger partial charge in [-0.3, -0.25) is 9.59 Å². The summed E-state index contributed by atoms with van der Waals surface area (Å²) in [6, 6.07) is -0.693. The predicted molar refractivity (Wildman–Crippen MR) is 73.5 cm³/mol. The van der Waals surface area contributed by atoms with Crippen LogP contribution in [0, 0.1) is 0 Å². The van der Waals surface area contributed by atoms with Crippen LogP contribution in [-0.4, -0.2) is 68.5 Å². The third-order valence-electron chi connectivity index (χ3n) is 3.27. The molecule has 116 valence electrons. The van der Waals surface area contributed by atoms with Gasteiger partial charge in [0, 0.05) is 13.1 Å². The second kappa shape index (κ2) is 7.03. The van der Waals surface area contributed by atoms with E-state index in [0.717, 1.165) is 6.26 Å². The molecule has 1 amide bonds.